The van der Waals surface area contributed by atoms with Gasteiger partial charge in [0.15, 0.2) is 0 Å². The molecular formula is C25H32N2O5S. The van der Waals surface area contributed by atoms with Crippen LogP contribution in [0.15, 0.2) is 60.7 Å². The second-order valence-corrected chi connectivity index (χ2v) is 9.45. The van der Waals surface area contributed by atoms with E-state index in [-0.39, 0.29) is 6.42 Å². The molecule has 0 unspecified atom stereocenters. The van der Waals surface area contributed by atoms with Crippen molar-refractivity contribution >= 4 is 29.7 Å². The third-order valence-corrected chi connectivity index (χ3v) is 5.11. The second-order valence-electron chi connectivity index (χ2n) is 8.47. The first-order chi connectivity index (χ1) is 15.7. The molecule has 2 aromatic rings. The zero-order valence-electron chi connectivity index (χ0n) is 19.5. The Morgan fingerprint density at radius 2 is 1.52 bits per heavy atom. The molecule has 0 aliphatic heterocycles. The summed E-state index contributed by atoms with van der Waals surface area (Å²) >= 11 is 1.56. The molecule has 2 rings (SSSR count). The number of thioether (sulfide) groups is 1. The molecule has 0 aliphatic carbocycles. The van der Waals surface area contributed by atoms with Crippen molar-refractivity contribution in [3.05, 3.63) is 66.2 Å². The van der Waals surface area contributed by atoms with Crippen LogP contribution in [0.2, 0.25) is 0 Å². The largest absolute Gasteiger partial charge is 0.444 e. The summed E-state index contributed by atoms with van der Waals surface area (Å²) in [5.74, 6) is 0.0105. The highest BCUT2D eigenvalue weighted by atomic mass is 32.2. The van der Waals surface area contributed by atoms with Crippen LogP contribution in [0, 0.1) is 0 Å². The molecule has 0 spiro atoms. The smallest absolute Gasteiger partial charge is 0.408 e. The van der Waals surface area contributed by atoms with Crippen molar-refractivity contribution < 1.29 is 23.9 Å². The summed E-state index contributed by atoms with van der Waals surface area (Å²) in [6, 6.07) is 16.2. The van der Waals surface area contributed by atoms with E-state index in [0.717, 1.165) is 5.56 Å². The van der Waals surface area contributed by atoms with Crippen molar-refractivity contribution in [2.75, 3.05) is 12.0 Å². The maximum Gasteiger partial charge on any atom is 0.408 e. The molecule has 2 aromatic carbocycles. The van der Waals surface area contributed by atoms with Crippen molar-refractivity contribution in [1.82, 2.24) is 10.6 Å². The quantitative estimate of drug-likeness (QED) is 0.402. The van der Waals surface area contributed by atoms with Crippen molar-refractivity contribution in [3.63, 3.8) is 0 Å². The standard InChI is InChI=1S/C25H32N2O5S/c1-25(2,3)32-24(30)27-21(17-18-11-7-5-8-12-18)22(28)26-20(15-16-33-4)23(29)31-19-13-9-6-10-14-19/h5-14,20-21H,15-17H2,1-4H3,(H,26,28)(H,27,30)/t20-,21-/m0/s1. The average Bonchev–Trinajstić information content (AvgIpc) is 2.76. The Balaban J connectivity index is 2.15. The molecule has 7 nitrogen and oxygen atoms in total. The Morgan fingerprint density at radius 1 is 0.909 bits per heavy atom. The minimum atomic E-state index is -0.927. The zero-order valence-corrected chi connectivity index (χ0v) is 20.3. The number of rotatable bonds is 10. The summed E-state index contributed by atoms with van der Waals surface area (Å²) in [4.78, 5) is 38.4. The molecule has 0 aliphatic rings. The van der Waals surface area contributed by atoms with Crippen molar-refractivity contribution in [2.24, 2.45) is 0 Å². The van der Waals surface area contributed by atoms with E-state index in [2.05, 4.69) is 10.6 Å². The van der Waals surface area contributed by atoms with Gasteiger partial charge in [0, 0.05) is 6.42 Å². The van der Waals surface area contributed by atoms with E-state index in [1.54, 1.807) is 56.8 Å². The van der Waals surface area contributed by atoms with Gasteiger partial charge < -0.3 is 20.1 Å². The van der Waals surface area contributed by atoms with Gasteiger partial charge in [-0.25, -0.2) is 9.59 Å². The number of carbonyl (C=O) groups excluding carboxylic acids is 3. The third-order valence-electron chi connectivity index (χ3n) is 4.46. The predicted octanol–water partition coefficient (Wildman–Crippen LogP) is 3.97. The summed E-state index contributed by atoms with van der Waals surface area (Å²) in [5, 5.41) is 5.40. The van der Waals surface area contributed by atoms with Gasteiger partial charge in [0.05, 0.1) is 0 Å². The van der Waals surface area contributed by atoms with Gasteiger partial charge in [-0.15, -0.1) is 0 Å². The Bertz CT molecular complexity index is 900. The van der Waals surface area contributed by atoms with Crippen LogP contribution in [0.25, 0.3) is 0 Å². The molecule has 0 aromatic heterocycles. The first kappa shape index (κ1) is 26.3. The molecule has 0 saturated heterocycles. The van der Waals surface area contributed by atoms with Gasteiger partial charge in [-0.1, -0.05) is 48.5 Å². The van der Waals surface area contributed by atoms with Crippen molar-refractivity contribution in [3.8, 4) is 5.75 Å². The molecular weight excluding hydrogens is 440 g/mol. The molecule has 0 saturated carbocycles. The van der Waals surface area contributed by atoms with E-state index in [9.17, 15) is 14.4 Å². The zero-order chi connectivity index (χ0) is 24.3. The maximum atomic E-state index is 13.2. The van der Waals surface area contributed by atoms with Gasteiger partial charge in [0.1, 0.15) is 23.4 Å². The Morgan fingerprint density at radius 3 is 2.09 bits per heavy atom. The fraction of sp³-hybridized carbons (Fsp3) is 0.400. The Kier molecular flexibility index (Phi) is 10.3. The van der Waals surface area contributed by atoms with Crippen LogP contribution >= 0.6 is 11.8 Å². The van der Waals surface area contributed by atoms with E-state index in [1.165, 1.54) is 0 Å². The summed E-state index contributed by atoms with van der Waals surface area (Å²) in [6.07, 6.45) is 1.85. The predicted molar refractivity (Wildman–Crippen MR) is 130 cm³/mol. The topological polar surface area (TPSA) is 93.7 Å². The van der Waals surface area contributed by atoms with Crippen LogP contribution in [-0.2, 0) is 20.7 Å². The third kappa shape index (κ3) is 9.99. The van der Waals surface area contributed by atoms with Gasteiger partial charge in [-0.05, 0) is 56.9 Å². The number of esters is 1. The van der Waals surface area contributed by atoms with E-state index in [0.29, 0.717) is 17.9 Å². The maximum absolute atomic E-state index is 13.2. The number of hydrogen-bond donors (Lipinski definition) is 2. The first-order valence-corrected chi connectivity index (χ1v) is 12.2. The summed E-state index contributed by atoms with van der Waals surface area (Å²) in [6.45, 7) is 5.24. The van der Waals surface area contributed by atoms with Crippen LogP contribution < -0.4 is 15.4 Å². The summed E-state index contributed by atoms with van der Waals surface area (Å²) in [7, 11) is 0. The number of alkyl carbamates (subject to hydrolysis) is 1. The van der Waals surface area contributed by atoms with E-state index in [1.807, 2.05) is 42.7 Å². The lowest BCUT2D eigenvalue weighted by Gasteiger charge is -2.25. The molecule has 8 heteroatoms. The highest BCUT2D eigenvalue weighted by Gasteiger charge is 2.29. The number of amides is 2. The lowest BCUT2D eigenvalue weighted by atomic mass is 10.0. The Hall–Kier alpha value is -3.00. The minimum Gasteiger partial charge on any atom is -0.444 e. The summed E-state index contributed by atoms with van der Waals surface area (Å²) in [5.41, 5.74) is 0.152. The number of ether oxygens (including phenoxy) is 2. The van der Waals surface area contributed by atoms with Crippen LogP contribution in [0.5, 0.6) is 5.75 Å². The van der Waals surface area contributed by atoms with Gasteiger partial charge in [-0.2, -0.15) is 11.8 Å². The van der Waals surface area contributed by atoms with Crippen LogP contribution in [0.3, 0.4) is 0 Å². The first-order valence-electron chi connectivity index (χ1n) is 10.8. The van der Waals surface area contributed by atoms with Gasteiger partial charge in [-0.3, -0.25) is 4.79 Å². The molecule has 33 heavy (non-hydrogen) atoms. The van der Waals surface area contributed by atoms with Crippen LogP contribution in [0.1, 0.15) is 32.8 Å². The molecule has 178 valence electrons. The SMILES string of the molecule is CSCC[C@H](NC(=O)[C@H](Cc1ccccc1)NC(=O)OC(C)(C)C)C(=O)Oc1ccccc1. The van der Waals surface area contributed by atoms with Crippen LogP contribution in [-0.4, -0.2) is 47.7 Å². The van der Waals surface area contributed by atoms with Crippen molar-refractivity contribution in [2.45, 2.75) is 51.3 Å². The minimum absolute atomic E-state index is 0.245. The molecule has 2 atom stereocenters. The lowest BCUT2D eigenvalue weighted by Crippen LogP contribution is -2.54. The molecule has 2 amide bonds. The fourth-order valence-corrected chi connectivity index (χ4v) is 3.41. The van der Waals surface area contributed by atoms with Gasteiger partial charge >= 0.3 is 12.1 Å². The second kappa shape index (κ2) is 12.9. The normalized spacial score (nSPS) is 12.8. The average molecular weight is 473 g/mol. The summed E-state index contributed by atoms with van der Waals surface area (Å²) < 4.78 is 10.8. The van der Waals surface area contributed by atoms with E-state index in [4.69, 9.17) is 9.47 Å². The number of carbonyl (C=O) groups is 3. The number of para-hydroxylation sites is 1. The van der Waals surface area contributed by atoms with Crippen LogP contribution in [0.4, 0.5) is 4.79 Å². The Labute approximate surface area is 199 Å². The highest BCUT2D eigenvalue weighted by molar-refractivity contribution is 7.98. The number of benzene rings is 2. The van der Waals surface area contributed by atoms with E-state index < -0.39 is 35.7 Å². The number of nitrogens with one attached hydrogen (secondary N) is 2. The molecule has 0 radical (unpaired) electrons. The lowest BCUT2D eigenvalue weighted by molar-refractivity contribution is -0.139. The monoisotopic (exact) mass is 472 g/mol. The highest BCUT2D eigenvalue weighted by Crippen LogP contribution is 2.13. The fourth-order valence-electron chi connectivity index (χ4n) is 2.94. The van der Waals surface area contributed by atoms with Gasteiger partial charge in [0.2, 0.25) is 5.91 Å². The molecule has 0 bridgehead atoms. The molecule has 2 N–H and O–H groups in total. The molecule has 0 fully saturated rings. The van der Waals surface area contributed by atoms with E-state index >= 15 is 0 Å². The van der Waals surface area contributed by atoms with Crippen molar-refractivity contribution in [1.29, 1.82) is 0 Å². The molecule has 0 heterocycles. The number of hydrogen-bond acceptors (Lipinski definition) is 6. The van der Waals surface area contributed by atoms with Gasteiger partial charge in [0.25, 0.3) is 0 Å².